The van der Waals surface area contributed by atoms with Gasteiger partial charge in [-0.2, -0.15) is 0 Å². The van der Waals surface area contributed by atoms with E-state index in [1.807, 2.05) is 0 Å². The van der Waals surface area contributed by atoms with Crippen LogP contribution >= 0.6 is 12.2 Å². The Morgan fingerprint density at radius 3 is 2.85 bits per heavy atom. The maximum Gasteiger partial charge on any atom is 0.166 e. The molecule has 0 rings (SSSR count). The second-order valence-corrected chi connectivity index (χ2v) is 2.67. The topological polar surface area (TPSA) is 53.5 Å². The van der Waals surface area contributed by atoms with Gasteiger partial charge in [-0.15, -0.1) is 6.58 Å². The lowest BCUT2D eigenvalue weighted by Crippen LogP contribution is -2.37. The third kappa shape index (κ3) is 9.26. The van der Waals surface area contributed by atoms with Gasteiger partial charge in [-0.1, -0.05) is 6.08 Å². The van der Waals surface area contributed by atoms with Crippen LogP contribution in [0.3, 0.4) is 0 Å². The van der Waals surface area contributed by atoms with E-state index < -0.39 is 0 Å². The lowest BCUT2D eigenvalue weighted by atomic mass is 10.6. The average Bonchev–Trinajstić information content (AvgIpc) is 2.14. The van der Waals surface area contributed by atoms with E-state index in [2.05, 4.69) is 17.2 Å². The van der Waals surface area contributed by atoms with Crippen LogP contribution in [0.15, 0.2) is 12.7 Å². The summed E-state index contributed by atoms with van der Waals surface area (Å²) in [6.07, 6.45) is 1.73. The molecule has 0 unspecified atom stereocenters. The van der Waals surface area contributed by atoms with Gasteiger partial charge in [0, 0.05) is 13.1 Å². The van der Waals surface area contributed by atoms with Crippen molar-refractivity contribution in [2.24, 2.45) is 0 Å². The summed E-state index contributed by atoms with van der Waals surface area (Å²) < 4.78 is 5.02. The van der Waals surface area contributed by atoms with E-state index >= 15 is 0 Å². The first-order valence-corrected chi connectivity index (χ1v) is 4.53. The van der Waals surface area contributed by atoms with Gasteiger partial charge in [0.05, 0.1) is 19.8 Å². The zero-order valence-electron chi connectivity index (χ0n) is 7.58. The van der Waals surface area contributed by atoms with Gasteiger partial charge in [0.2, 0.25) is 0 Å². The highest BCUT2D eigenvalue weighted by Crippen LogP contribution is 1.72. The molecule has 0 aromatic carbocycles. The van der Waals surface area contributed by atoms with Crippen molar-refractivity contribution >= 4 is 17.3 Å². The number of aliphatic hydroxyl groups excluding tert-OH is 1. The molecular weight excluding hydrogens is 188 g/mol. The van der Waals surface area contributed by atoms with Crippen molar-refractivity contribution in [3.8, 4) is 0 Å². The monoisotopic (exact) mass is 204 g/mol. The number of ether oxygens (including phenoxy) is 1. The fourth-order valence-corrected chi connectivity index (χ4v) is 0.816. The molecule has 0 spiro atoms. The molecule has 0 saturated heterocycles. The second kappa shape index (κ2) is 9.44. The van der Waals surface area contributed by atoms with Gasteiger partial charge in [-0.05, 0) is 12.2 Å². The van der Waals surface area contributed by atoms with E-state index in [0.29, 0.717) is 31.4 Å². The number of hydrogen-bond donors (Lipinski definition) is 3. The maximum absolute atomic E-state index is 8.40. The molecule has 0 amide bonds. The van der Waals surface area contributed by atoms with Crippen molar-refractivity contribution in [3.05, 3.63) is 12.7 Å². The summed E-state index contributed by atoms with van der Waals surface area (Å²) >= 11 is 4.92. The molecule has 0 aliphatic carbocycles. The molecule has 13 heavy (non-hydrogen) atoms. The standard InChI is InChI=1S/C8H16N2O2S/c1-2-3-9-8(13)10-4-6-12-7-5-11/h2,11H,1,3-7H2,(H2,9,10,13). The molecule has 0 atom stereocenters. The summed E-state index contributed by atoms with van der Waals surface area (Å²) in [5.74, 6) is 0. The Labute approximate surface area is 84.0 Å². The molecule has 0 radical (unpaired) electrons. The smallest absolute Gasteiger partial charge is 0.166 e. The van der Waals surface area contributed by atoms with E-state index in [0.717, 1.165) is 0 Å². The predicted octanol–water partition coefficient (Wildman–Crippen LogP) is -0.355. The first-order chi connectivity index (χ1) is 6.31. The van der Waals surface area contributed by atoms with E-state index in [-0.39, 0.29) is 6.61 Å². The maximum atomic E-state index is 8.40. The Hall–Kier alpha value is -0.650. The largest absolute Gasteiger partial charge is 0.394 e. The van der Waals surface area contributed by atoms with Crippen molar-refractivity contribution in [3.63, 3.8) is 0 Å². The Balaban J connectivity index is 3.12. The minimum Gasteiger partial charge on any atom is -0.394 e. The molecule has 0 aliphatic heterocycles. The average molecular weight is 204 g/mol. The summed E-state index contributed by atoms with van der Waals surface area (Å²) in [5.41, 5.74) is 0. The number of thiocarbonyl (C=S) groups is 1. The SMILES string of the molecule is C=CCNC(=S)NCCOCCO. The van der Waals surface area contributed by atoms with Gasteiger partial charge >= 0.3 is 0 Å². The Kier molecular flexibility index (Phi) is 8.97. The highest BCUT2D eigenvalue weighted by atomic mass is 32.1. The minimum absolute atomic E-state index is 0.0547. The van der Waals surface area contributed by atoms with Crippen LogP contribution in [0.1, 0.15) is 0 Å². The summed E-state index contributed by atoms with van der Waals surface area (Å²) in [4.78, 5) is 0. The molecule has 0 fully saturated rings. The van der Waals surface area contributed by atoms with Crippen LogP contribution in [0, 0.1) is 0 Å². The van der Waals surface area contributed by atoms with Gasteiger partial charge in [0.25, 0.3) is 0 Å². The molecule has 3 N–H and O–H groups in total. The molecule has 0 aromatic rings. The third-order valence-electron chi connectivity index (χ3n) is 1.17. The summed E-state index contributed by atoms with van der Waals surface area (Å²) in [6.45, 7) is 5.81. The van der Waals surface area contributed by atoms with Crippen LogP contribution in [-0.4, -0.2) is 43.1 Å². The lowest BCUT2D eigenvalue weighted by molar-refractivity contribution is 0.0958. The van der Waals surface area contributed by atoms with Gasteiger partial charge in [0.15, 0.2) is 5.11 Å². The van der Waals surface area contributed by atoms with Crippen LogP contribution in [0.4, 0.5) is 0 Å². The van der Waals surface area contributed by atoms with E-state index in [4.69, 9.17) is 22.1 Å². The van der Waals surface area contributed by atoms with Crippen LogP contribution < -0.4 is 10.6 Å². The summed E-state index contributed by atoms with van der Waals surface area (Å²) in [7, 11) is 0. The molecule has 0 aromatic heterocycles. The molecule has 5 heteroatoms. The normalized spacial score (nSPS) is 9.31. The molecule has 0 saturated carbocycles. The molecule has 4 nitrogen and oxygen atoms in total. The fraction of sp³-hybridized carbons (Fsp3) is 0.625. The van der Waals surface area contributed by atoms with Crippen molar-refractivity contribution in [2.75, 3.05) is 32.9 Å². The summed E-state index contributed by atoms with van der Waals surface area (Å²) in [6, 6.07) is 0. The Bertz CT molecular complexity index is 153. The molecule has 0 bridgehead atoms. The highest BCUT2D eigenvalue weighted by molar-refractivity contribution is 7.80. The number of aliphatic hydroxyl groups is 1. The number of rotatable bonds is 7. The zero-order valence-corrected chi connectivity index (χ0v) is 8.40. The summed E-state index contributed by atoms with van der Waals surface area (Å²) in [5, 5.41) is 14.8. The molecule has 0 heterocycles. The minimum atomic E-state index is 0.0547. The fourth-order valence-electron chi connectivity index (χ4n) is 0.631. The number of hydrogen-bond acceptors (Lipinski definition) is 3. The van der Waals surface area contributed by atoms with E-state index in [9.17, 15) is 0 Å². The van der Waals surface area contributed by atoms with Crippen LogP contribution in [0.25, 0.3) is 0 Å². The first kappa shape index (κ1) is 12.3. The van der Waals surface area contributed by atoms with Gasteiger partial charge in [-0.3, -0.25) is 0 Å². The van der Waals surface area contributed by atoms with E-state index in [1.54, 1.807) is 6.08 Å². The van der Waals surface area contributed by atoms with Crippen LogP contribution in [0.5, 0.6) is 0 Å². The van der Waals surface area contributed by atoms with Crippen LogP contribution in [-0.2, 0) is 4.74 Å². The van der Waals surface area contributed by atoms with Gasteiger partial charge in [0.1, 0.15) is 0 Å². The highest BCUT2D eigenvalue weighted by Gasteiger charge is 1.91. The lowest BCUT2D eigenvalue weighted by Gasteiger charge is -2.08. The quantitative estimate of drug-likeness (QED) is 0.300. The zero-order chi connectivity index (χ0) is 9.94. The van der Waals surface area contributed by atoms with Gasteiger partial charge in [-0.25, -0.2) is 0 Å². The van der Waals surface area contributed by atoms with Crippen molar-refractivity contribution < 1.29 is 9.84 Å². The van der Waals surface area contributed by atoms with Gasteiger partial charge < -0.3 is 20.5 Å². The Morgan fingerprint density at radius 2 is 2.23 bits per heavy atom. The molecule has 0 aliphatic rings. The van der Waals surface area contributed by atoms with E-state index in [1.165, 1.54) is 0 Å². The predicted molar refractivity (Wildman–Crippen MR) is 56.7 cm³/mol. The molecule has 76 valence electrons. The Morgan fingerprint density at radius 1 is 1.46 bits per heavy atom. The second-order valence-electron chi connectivity index (χ2n) is 2.26. The van der Waals surface area contributed by atoms with Crippen molar-refractivity contribution in [2.45, 2.75) is 0 Å². The van der Waals surface area contributed by atoms with Crippen molar-refractivity contribution in [1.29, 1.82) is 0 Å². The van der Waals surface area contributed by atoms with Crippen LogP contribution in [0.2, 0.25) is 0 Å². The molecular formula is C8H16N2O2S. The third-order valence-corrected chi connectivity index (χ3v) is 1.46. The van der Waals surface area contributed by atoms with Crippen molar-refractivity contribution in [1.82, 2.24) is 10.6 Å². The number of nitrogens with one attached hydrogen (secondary N) is 2. The first-order valence-electron chi connectivity index (χ1n) is 4.12.